The summed E-state index contributed by atoms with van der Waals surface area (Å²) in [6.07, 6.45) is 5.41. The summed E-state index contributed by atoms with van der Waals surface area (Å²) in [4.78, 5) is 62.8. The summed E-state index contributed by atoms with van der Waals surface area (Å²) in [5.74, 6) is 4.33. The van der Waals surface area contributed by atoms with Crippen LogP contribution in [0.5, 0.6) is 0 Å². The highest BCUT2D eigenvalue weighted by Gasteiger charge is 2.22. The molecule has 558 valence electrons. The number of benzene rings is 13. The molecular weight excluding hydrogens is 1470 g/mol. The van der Waals surface area contributed by atoms with Gasteiger partial charge < -0.3 is 0 Å². The molecule has 0 fully saturated rings. The third kappa shape index (κ3) is 15.3. The van der Waals surface area contributed by atoms with Crippen LogP contribution in [0.15, 0.2) is 383 Å². The van der Waals surface area contributed by atoms with Crippen LogP contribution in [-0.2, 0) is 0 Å². The summed E-state index contributed by atoms with van der Waals surface area (Å²) in [5, 5.41) is 19.5. The first-order chi connectivity index (χ1) is 59.2. The minimum absolute atomic E-state index is 0.458. The van der Waals surface area contributed by atoms with Crippen LogP contribution in [0.25, 0.3) is 208 Å². The maximum atomic E-state index is 9.76. The molecule has 19 rings (SSSR count). The van der Waals surface area contributed by atoms with Crippen LogP contribution in [0, 0.1) is 29.2 Å². The molecule has 15 nitrogen and oxygen atoms in total. The number of aromatic nitrogens is 12. The molecule has 0 radical (unpaired) electrons. The van der Waals surface area contributed by atoms with E-state index in [1.807, 2.05) is 164 Å². The van der Waals surface area contributed by atoms with Gasteiger partial charge in [-0.2, -0.15) is 10.5 Å². The second-order valence-electron chi connectivity index (χ2n) is 28.5. The lowest BCUT2D eigenvalue weighted by Crippen LogP contribution is -2.00. The molecule has 120 heavy (non-hydrogen) atoms. The lowest BCUT2D eigenvalue weighted by atomic mass is 9.86. The average molecular weight is 1530 g/mol. The van der Waals surface area contributed by atoms with E-state index < -0.39 is 0 Å². The Hall–Kier alpha value is -17.2. The van der Waals surface area contributed by atoms with E-state index in [4.69, 9.17) is 66.4 Å². The van der Waals surface area contributed by atoms with Crippen molar-refractivity contribution in [1.29, 1.82) is 10.5 Å². The van der Waals surface area contributed by atoms with Crippen molar-refractivity contribution >= 4 is 5.69 Å². The zero-order valence-corrected chi connectivity index (χ0v) is 64.1. The van der Waals surface area contributed by atoms with Gasteiger partial charge in [-0.15, -0.1) is 0 Å². The van der Waals surface area contributed by atoms with E-state index in [-0.39, 0.29) is 0 Å². The third-order valence-corrected chi connectivity index (χ3v) is 20.9. The van der Waals surface area contributed by atoms with Crippen LogP contribution in [0.1, 0.15) is 11.1 Å². The standard InChI is InChI=1S/C105H63N15/c1-108-87-31-19-30-80(61-87)102-114-99(77-26-9-4-10-27-77)117-105(120-102)83-52-55-96(111-66-83)74-48-42-71(43-49-74)90-34-13-16-37-93(90)86-59-84(91-35-14-11-32-88(91)69-38-44-72(45-39-69)94-53-50-81(64-109-94)103-115-97(75-22-5-2-6-23-75)112-100(118-103)78-28-17-20-67(56-78)62-106)58-85(60-86)92-36-15-12-33-89(92)70-40-46-73(47-41-70)95-54-51-82(65-110-95)104-116-98(76-24-7-3-8-25-76)113-101(119-104)79-29-18-21-68(57-79)63-107/h2-61,64-66H. The fourth-order valence-electron chi connectivity index (χ4n) is 14.8. The van der Waals surface area contributed by atoms with Crippen LogP contribution in [0.3, 0.4) is 0 Å². The van der Waals surface area contributed by atoms with Gasteiger partial charge in [-0.3, -0.25) is 15.0 Å². The van der Waals surface area contributed by atoms with Crippen molar-refractivity contribution in [2.24, 2.45) is 0 Å². The van der Waals surface area contributed by atoms with E-state index in [9.17, 15) is 10.5 Å². The van der Waals surface area contributed by atoms with Crippen molar-refractivity contribution in [2.45, 2.75) is 0 Å². The van der Waals surface area contributed by atoms with Gasteiger partial charge in [-0.05, 0) is 152 Å². The number of nitriles is 2. The largest absolute Gasteiger partial charge is 0.255 e. The molecule has 0 aliphatic rings. The summed E-state index contributed by atoms with van der Waals surface area (Å²) in [6, 6.07) is 126. The lowest BCUT2D eigenvalue weighted by molar-refractivity contribution is 1.07. The monoisotopic (exact) mass is 1530 g/mol. The van der Waals surface area contributed by atoms with Crippen LogP contribution < -0.4 is 0 Å². The van der Waals surface area contributed by atoms with Crippen molar-refractivity contribution in [2.75, 3.05) is 0 Å². The molecule has 0 saturated heterocycles. The van der Waals surface area contributed by atoms with E-state index in [2.05, 4.69) is 181 Å². The highest BCUT2D eigenvalue weighted by molar-refractivity contribution is 5.95. The molecule has 0 unspecified atom stereocenters. The fourth-order valence-corrected chi connectivity index (χ4v) is 14.8. The Kier molecular flexibility index (Phi) is 19.9. The summed E-state index contributed by atoms with van der Waals surface area (Å²) in [7, 11) is 0. The van der Waals surface area contributed by atoms with Gasteiger partial charge in [0.05, 0.1) is 46.9 Å². The number of pyridine rings is 3. The van der Waals surface area contributed by atoms with Gasteiger partial charge in [0.1, 0.15) is 0 Å². The summed E-state index contributed by atoms with van der Waals surface area (Å²) in [6.45, 7) is 7.67. The van der Waals surface area contributed by atoms with Gasteiger partial charge in [-0.25, -0.2) is 49.7 Å². The molecule has 0 atom stereocenters. The Balaban J connectivity index is 0.655. The normalized spacial score (nSPS) is 11.0. The Morgan fingerprint density at radius 1 is 0.192 bits per heavy atom. The van der Waals surface area contributed by atoms with Crippen LogP contribution in [0.4, 0.5) is 5.69 Å². The Labute approximate surface area is 692 Å². The third-order valence-electron chi connectivity index (χ3n) is 20.9. The molecular formula is C105H63N15. The Morgan fingerprint density at radius 3 is 0.700 bits per heavy atom. The van der Waals surface area contributed by atoms with Crippen LogP contribution >= 0.6 is 0 Å². The highest BCUT2D eigenvalue weighted by Crippen LogP contribution is 2.44. The Morgan fingerprint density at radius 2 is 0.425 bits per heavy atom. The molecule has 0 saturated carbocycles. The van der Waals surface area contributed by atoms with E-state index in [1.54, 1.807) is 55.0 Å². The summed E-state index contributed by atoms with van der Waals surface area (Å²) < 4.78 is 0. The molecule has 0 N–H and O–H groups in total. The number of rotatable bonds is 18. The van der Waals surface area contributed by atoms with Crippen LogP contribution in [-0.4, -0.2) is 59.8 Å². The smallest absolute Gasteiger partial charge is 0.187 e. The van der Waals surface area contributed by atoms with Crippen LogP contribution in [0.2, 0.25) is 0 Å². The SMILES string of the molecule is [C-]#[N+]c1cccc(-c2nc(-c3ccccc3)nc(-c3ccc(-c4ccc(-c5ccccc5-c5cc(-c6ccccc6-c6ccc(-c7ccc(-c8nc(-c9ccccc9)nc(-c9cccc(C#N)c9)n8)cn7)cc6)cc(-c6ccccc6-c6ccc(-c7ccc(-c8nc(-c9ccccc9)nc(-c9cccc(C#N)c9)n8)cn7)cc6)c5)cc4)nc3)n2)c1. The van der Waals surface area contributed by atoms with Gasteiger partial charge in [-0.1, -0.05) is 279 Å². The van der Waals surface area contributed by atoms with Gasteiger partial charge in [0.2, 0.25) is 0 Å². The minimum Gasteiger partial charge on any atom is -0.255 e. The van der Waals surface area contributed by atoms with Gasteiger partial charge in [0, 0.05) is 85.4 Å². The molecule has 0 amide bonds. The van der Waals surface area contributed by atoms with E-state index in [1.165, 1.54) is 0 Å². The molecule has 15 heteroatoms. The maximum absolute atomic E-state index is 9.76. The van der Waals surface area contributed by atoms with Gasteiger partial charge in [0.15, 0.2) is 58.1 Å². The predicted molar refractivity (Wildman–Crippen MR) is 474 cm³/mol. The van der Waals surface area contributed by atoms with Gasteiger partial charge in [0.25, 0.3) is 0 Å². The first-order valence-corrected chi connectivity index (χ1v) is 38.8. The first kappa shape index (κ1) is 73.0. The Bertz CT molecular complexity index is 6490. The topological polar surface area (TPSA) is 207 Å². The molecule has 6 aromatic heterocycles. The predicted octanol–water partition coefficient (Wildman–Crippen LogP) is 24.7. The van der Waals surface area contributed by atoms with E-state index in [0.717, 1.165) is 139 Å². The molecule has 19 aromatic rings. The van der Waals surface area contributed by atoms with Crippen molar-refractivity contribution in [3.8, 4) is 215 Å². The molecule has 0 aliphatic carbocycles. The van der Waals surface area contributed by atoms with Crippen molar-refractivity contribution in [3.05, 3.63) is 405 Å². The number of hydrogen-bond acceptors (Lipinski definition) is 14. The summed E-state index contributed by atoms with van der Waals surface area (Å²) in [5.41, 5.74) is 26.1. The molecule has 0 bridgehead atoms. The average Bonchev–Trinajstić information content (AvgIpc) is 0.765. The number of nitrogens with zero attached hydrogens (tertiary/aromatic N) is 15. The molecule has 0 aliphatic heterocycles. The maximum Gasteiger partial charge on any atom is 0.187 e. The van der Waals surface area contributed by atoms with Gasteiger partial charge >= 0.3 is 0 Å². The van der Waals surface area contributed by atoms with Crippen molar-refractivity contribution < 1.29 is 0 Å². The first-order valence-electron chi connectivity index (χ1n) is 38.8. The number of hydrogen-bond donors (Lipinski definition) is 0. The minimum atomic E-state index is 0.458. The lowest BCUT2D eigenvalue weighted by Gasteiger charge is -2.18. The van der Waals surface area contributed by atoms with Crippen molar-refractivity contribution in [1.82, 2.24) is 59.8 Å². The zero-order chi connectivity index (χ0) is 80.7. The summed E-state index contributed by atoms with van der Waals surface area (Å²) >= 11 is 0. The zero-order valence-electron chi connectivity index (χ0n) is 64.1. The quantitative estimate of drug-likeness (QED) is 0.0733. The molecule has 6 heterocycles. The van der Waals surface area contributed by atoms with E-state index >= 15 is 0 Å². The second kappa shape index (κ2) is 32.7. The molecule has 13 aromatic carbocycles. The van der Waals surface area contributed by atoms with E-state index in [0.29, 0.717) is 80.4 Å². The highest BCUT2D eigenvalue weighted by atomic mass is 15.1. The fraction of sp³-hybridized carbons (Fsp3) is 0. The van der Waals surface area contributed by atoms with Crippen molar-refractivity contribution in [3.63, 3.8) is 0 Å². The molecule has 0 spiro atoms. The second-order valence-corrected chi connectivity index (χ2v) is 28.5.